The van der Waals surface area contributed by atoms with Crippen molar-refractivity contribution in [3.05, 3.63) is 144 Å². The van der Waals surface area contributed by atoms with Gasteiger partial charge in [0.2, 0.25) is 0 Å². The van der Waals surface area contributed by atoms with Gasteiger partial charge in [0.1, 0.15) is 12.2 Å². The number of likely N-dealkylation sites (tertiary alicyclic amines) is 1. The Bertz CT molecular complexity index is 1360. The molecule has 4 atom stereocenters. The Labute approximate surface area is 264 Å². The third kappa shape index (κ3) is 8.25. The monoisotopic (exact) mass is 589 g/mol. The predicted molar refractivity (Wildman–Crippen MR) is 177 cm³/mol. The van der Waals surface area contributed by atoms with Crippen LogP contribution in [0.15, 0.2) is 121 Å². The van der Waals surface area contributed by atoms with E-state index in [1.54, 1.807) is 0 Å². The van der Waals surface area contributed by atoms with Crippen LogP contribution in [-0.4, -0.2) is 42.3 Å². The molecule has 4 aromatic rings. The van der Waals surface area contributed by atoms with E-state index in [4.69, 9.17) is 14.2 Å². The van der Waals surface area contributed by atoms with Crippen molar-refractivity contribution in [3.8, 4) is 0 Å². The van der Waals surface area contributed by atoms with E-state index in [0.717, 1.165) is 13.1 Å². The van der Waals surface area contributed by atoms with E-state index in [9.17, 15) is 0 Å². The van der Waals surface area contributed by atoms with Crippen LogP contribution in [0.3, 0.4) is 0 Å². The first-order chi connectivity index (χ1) is 21.7. The molecule has 0 unspecified atom stereocenters. The molecule has 0 amide bonds. The Kier molecular flexibility index (Phi) is 10.9. The van der Waals surface area contributed by atoms with Crippen LogP contribution in [0.25, 0.3) is 0 Å². The first-order valence-corrected chi connectivity index (χ1v) is 16.5. The quantitative estimate of drug-likeness (QED) is 0.166. The van der Waals surface area contributed by atoms with Gasteiger partial charge in [0, 0.05) is 19.1 Å². The van der Waals surface area contributed by atoms with Gasteiger partial charge >= 0.3 is 0 Å². The normalized spacial score (nSPS) is 25.9. The van der Waals surface area contributed by atoms with E-state index < -0.39 is 0 Å². The van der Waals surface area contributed by atoms with E-state index in [-0.39, 0.29) is 24.4 Å². The second kappa shape index (κ2) is 15.6. The fraction of sp³-hybridized carbons (Fsp3) is 0.400. The second-order valence-corrected chi connectivity index (χ2v) is 12.7. The summed E-state index contributed by atoms with van der Waals surface area (Å²) in [5.41, 5.74) is 5.03. The summed E-state index contributed by atoms with van der Waals surface area (Å²) >= 11 is 0. The van der Waals surface area contributed by atoms with Crippen LogP contribution in [0.2, 0.25) is 0 Å². The highest BCUT2D eigenvalue weighted by Crippen LogP contribution is 2.37. The number of hydrogen-bond donors (Lipinski definition) is 0. The molecule has 4 aromatic carbocycles. The van der Waals surface area contributed by atoms with E-state index >= 15 is 0 Å². The Balaban J connectivity index is 1.19. The number of benzene rings is 4. The van der Waals surface area contributed by atoms with Gasteiger partial charge in [-0.1, -0.05) is 121 Å². The van der Waals surface area contributed by atoms with Gasteiger partial charge in [-0.15, -0.1) is 0 Å². The van der Waals surface area contributed by atoms with Crippen molar-refractivity contribution in [1.82, 2.24) is 4.90 Å². The van der Waals surface area contributed by atoms with Crippen LogP contribution in [-0.2, 0) is 34.0 Å². The van der Waals surface area contributed by atoms with Crippen LogP contribution in [0.4, 0.5) is 0 Å². The molecule has 44 heavy (non-hydrogen) atoms. The van der Waals surface area contributed by atoms with Gasteiger partial charge in [-0.3, -0.25) is 4.90 Å². The summed E-state index contributed by atoms with van der Waals surface area (Å²) in [6.07, 6.45) is 4.67. The minimum absolute atomic E-state index is 0.100. The first kappa shape index (κ1) is 30.7. The summed E-state index contributed by atoms with van der Waals surface area (Å²) in [6, 6.07) is 42.7. The van der Waals surface area contributed by atoms with Gasteiger partial charge < -0.3 is 14.2 Å². The van der Waals surface area contributed by atoms with Gasteiger partial charge in [-0.2, -0.15) is 0 Å². The molecule has 0 N–H and O–H groups in total. The molecule has 1 aliphatic heterocycles. The van der Waals surface area contributed by atoms with Crippen LogP contribution in [0.1, 0.15) is 60.8 Å². The lowest BCUT2D eigenvalue weighted by Gasteiger charge is -2.48. The van der Waals surface area contributed by atoms with Crippen molar-refractivity contribution in [3.63, 3.8) is 0 Å². The summed E-state index contributed by atoms with van der Waals surface area (Å²) in [5.74, 6) is 1.37. The van der Waals surface area contributed by atoms with Crippen molar-refractivity contribution < 1.29 is 14.2 Å². The summed E-state index contributed by atoms with van der Waals surface area (Å²) in [6.45, 7) is 5.91. The zero-order chi connectivity index (χ0) is 30.0. The molecule has 2 fully saturated rings. The molecule has 1 aliphatic carbocycles. The molecule has 0 radical (unpaired) electrons. The minimum atomic E-state index is -0.178. The van der Waals surface area contributed by atoms with Gasteiger partial charge in [0.15, 0.2) is 0 Å². The maximum atomic E-state index is 6.81. The lowest BCUT2D eigenvalue weighted by atomic mass is 9.78. The average Bonchev–Trinajstić information content (AvgIpc) is 3.09. The molecule has 0 spiro atoms. The van der Waals surface area contributed by atoms with Crippen LogP contribution in [0.5, 0.6) is 0 Å². The van der Waals surface area contributed by atoms with E-state index in [0.29, 0.717) is 31.7 Å². The van der Waals surface area contributed by atoms with Crippen molar-refractivity contribution in [2.24, 2.45) is 5.92 Å². The third-order valence-electron chi connectivity index (χ3n) is 9.64. The molecule has 1 heterocycles. The molecule has 2 aliphatic rings. The van der Waals surface area contributed by atoms with E-state index in [1.807, 2.05) is 0 Å². The number of nitrogens with zero attached hydrogens (tertiary/aromatic N) is 1. The van der Waals surface area contributed by atoms with E-state index in [2.05, 4.69) is 133 Å². The molecule has 6 rings (SSSR count). The molecule has 4 heteroatoms. The molecule has 4 nitrogen and oxygen atoms in total. The highest BCUT2D eigenvalue weighted by molar-refractivity contribution is 5.20. The fourth-order valence-corrected chi connectivity index (χ4v) is 7.07. The summed E-state index contributed by atoms with van der Waals surface area (Å²) in [4.78, 5) is 2.64. The summed E-state index contributed by atoms with van der Waals surface area (Å²) in [5, 5.41) is 0. The maximum Gasteiger partial charge on any atom is 0.113 e. The fourth-order valence-electron chi connectivity index (χ4n) is 7.07. The lowest BCUT2D eigenvalue weighted by molar-refractivity contribution is -0.202. The summed E-state index contributed by atoms with van der Waals surface area (Å²) in [7, 11) is 0. The number of rotatable bonds is 12. The Morgan fingerprint density at radius 3 is 1.52 bits per heavy atom. The Morgan fingerprint density at radius 2 is 1.00 bits per heavy atom. The van der Waals surface area contributed by atoms with Gasteiger partial charge in [0.25, 0.3) is 0 Å². The molecule has 1 saturated heterocycles. The zero-order valence-electron chi connectivity index (χ0n) is 26.0. The average molecular weight is 590 g/mol. The Hall–Kier alpha value is -3.28. The molecule has 1 saturated carbocycles. The zero-order valence-corrected chi connectivity index (χ0v) is 26.0. The SMILES string of the molecule is C[C@@H]1[C@@H](OCc2ccccc2)[C@H](OCc2ccccc2)[C@@H](OCc2ccccc2)CN1CC1CCC(c2ccccc2)CC1. The van der Waals surface area contributed by atoms with Crippen molar-refractivity contribution in [1.29, 1.82) is 0 Å². The van der Waals surface area contributed by atoms with Crippen LogP contribution >= 0.6 is 0 Å². The first-order valence-electron chi connectivity index (χ1n) is 16.5. The summed E-state index contributed by atoms with van der Waals surface area (Å²) < 4.78 is 20.3. The van der Waals surface area contributed by atoms with Crippen molar-refractivity contribution in [2.75, 3.05) is 13.1 Å². The number of ether oxygens (including phenoxy) is 3. The third-order valence-corrected chi connectivity index (χ3v) is 9.64. The van der Waals surface area contributed by atoms with Crippen LogP contribution < -0.4 is 0 Å². The number of hydrogen-bond acceptors (Lipinski definition) is 4. The minimum Gasteiger partial charge on any atom is -0.369 e. The highest BCUT2D eigenvalue weighted by Gasteiger charge is 2.44. The van der Waals surface area contributed by atoms with Crippen molar-refractivity contribution >= 4 is 0 Å². The number of piperidine rings is 1. The predicted octanol–water partition coefficient (Wildman–Crippen LogP) is 8.42. The highest BCUT2D eigenvalue weighted by atomic mass is 16.6. The van der Waals surface area contributed by atoms with Gasteiger partial charge in [-0.05, 0) is 66.7 Å². The molecular weight excluding hydrogens is 542 g/mol. The van der Waals surface area contributed by atoms with E-state index in [1.165, 1.54) is 47.9 Å². The second-order valence-electron chi connectivity index (χ2n) is 12.7. The smallest absolute Gasteiger partial charge is 0.113 e. The van der Waals surface area contributed by atoms with Gasteiger partial charge in [0.05, 0.1) is 25.9 Å². The Morgan fingerprint density at radius 1 is 0.545 bits per heavy atom. The molecule has 0 aromatic heterocycles. The largest absolute Gasteiger partial charge is 0.369 e. The molecular formula is C40H47NO3. The standard InChI is InChI=1S/C40H47NO3/c1-31-39(43-29-34-16-8-3-9-17-34)40(44-30-35-18-10-4-11-19-35)38(42-28-33-14-6-2-7-15-33)27-41(31)26-32-22-24-37(25-23-32)36-20-12-5-13-21-36/h2-21,31-32,37-40H,22-30H2,1H3/t31-,32?,37?,38+,39-,40-/m1/s1. The van der Waals surface area contributed by atoms with Crippen molar-refractivity contribution in [2.45, 2.75) is 82.7 Å². The van der Waals surface area contributed by atoms with Crippen LogP contribution in [0, 0.1) is 5.92 Å². The van der Waals surface area contributed by atoms with Gasteiger partial charge in [-0.25, -0.2) is 0 Å². The molecule has 0 bridgehead atoms. The maximum absolute atomic E-state index is 6.81. The molecule has 230 valence electrons. The topological polar surface area (TPSA) is 30.9 Å². The lowest BCUT2D eigenvalue weighted by Crippen LogP contribution is -2.63.